The molecule has 1 amide bonds. The fraction of sp³-hybridized carbons (Fsp3) is 0.786. The smallest absolute Gasteiger partial charge is 0.223 e. The van der Waals surface area contributed by atoms with Gasteiger partial charge in [0.15, 0.2) is 0 Å². The molecular weight excluding hydrogens is 212 g/mol. The summed E-state index contributed by atoms with van der Waals surface area (Å²) in [4.78, 5) is 12.1. The molecule has 0 aromatic heterocycles. The monoisotopic (exact) mass is 236 g/mol. The number of unbranched alkanes of at least 4 members (excludes halogenated alkanes) is 2. The van der Waals surface area contributed by atoms with Gasteiger partial charge in [-0.25, -0.2) is 0 Å². The van der Waals surface area contributed by atoms with Crippen LogP contribution in [-0.4, -0.2) is 19.0 Å². The Balaban J connectivity index is 1.68. The summed E-state index contributed by atoms with van der Waals surface area (Å²) in [7, 11) is 0. The van der Waals surface area contributed by atoms with Crippen LogP contribution in [0.25, 0.3) is 0 Å². The van der Waals surface area contributed by atoms with Crippen molar-refractivity contribution < 1.29 is 4.79 Å². The molecule has 2 bridgehead atoms. The van der Waals surface area contributed by atoms with Gasteiger partial charge in [-0.05, 0) is 50.5 Å². The van der Waals surface area contributed by atoms with Crippen LogP contribution >= 0.6 is 0 Å². The van der Waals surface area contributed by atoms with E-state index >= 15 is 0 Å². The van der Waals surface area contributed by atoms with Crippen LogP contribution in [0.15, 0.2) is 12.2 Å². The number of carbonyl (C=O) groups is 1. The molecule has 0 heterocycles. The van der Waals surface area contributed by atoms with Crippen molar-refractivity contribution in [2.24, 2.45) is 23.5 Å². The van der Waals surface area contributed by atoms with Gasteiger partial charge >= 0.3 is 0 Å². The number of nitrogens with two attached hydrogens (primary N) is 1. The van der Waals surface area contributed by atoms with E-state index in [0.29, 0.717) is 11.8 Å². The number of nitrogens with one attached hydrogen (secondary N) is 1. The van der Waals surface area contributed by atoms with Gasteiger partial charge < -0.3 is 11.1 Å². The summed E-state index contributed by atoms with van der Waals surface area (Å²) in [5.74, 6) is 1.68. The highest BCUT2D eigenvalue weighted by atomic mass is 16.1. The van der Waals surface area contributed by atoms with Gasteiger partial charge in [0.2, 0.25) is 5.91 Å². The first-order valence-electron chi connectivity index (χ1n) is 6.97. The van der Waals surface area contributed by atoms with Crippen molar-refractivity contribution in [2.45, 2.75) is 38.5 Å². The van der Waals surface area contributed by atoms with Crippen LogP contribution in [-0.2, 0) is 4.79 Å². The van der Waals surface area contributed by atoms with Gasteiger partial charge in [0.1, 0.15) is 0 Å². The third-order valence-corrected chi connectivity index (χ3v) is 4.09. The van der Waals surface area contributed by atoms with Crippen molar-refractivity contribution >= 4 is 5.91 Å². The van der Waals surface area contributed by atoms with E-state index in [9.17, 15) is 4.79 Å². The Morgan fingerprint density at radius 3 is 2.71 bits per heavy atom. The Morgan fingerprint density at radius 2 is 2.12 bits per heavy atom. The highest BCUT2D eigenvalue weighted by Crippen LogP contribution is 2.40. The Bertz CT molecular complexity index is 288. The summed E-state index contributed by atoms with van der Waals surface area (Å²) in [5, 5.41) is 3.08. The Labute approximate surface area is 104 Å². The molecule has 0 saturated heterocycles. The molecule has 96 valence electrons. The van der Waals surface area contributed by atoms with Crippen molar-refractivity contribution in [1.82, 2.24) is 5.32 Å². The number of rotatable bonds is 6. The van der Waals surface area contributed by atoms with Crippen LogP contribution < -0.4 is 11.1 Å². The lowest BCUT2D eigenvalue weighted by Gasteiger charge is -2.37. The Hall–Kier alpha value is -0.830. The lowest BCUT2D eigenvalue weighted by atomic mass is 9.69. The van der Waals surface area contributed by atoms with Crippen molar-refractivity contribution in [1.29, 1.82) is 0 Å². The summed E-state index contributed by atoms with van der Waals surface area (Å²) < 4.78 is 0. The second-order valence-corrected chi connectivity index (χ2v) is 5.37. The maximum atomic E-state index is 12.1. The van der Waals surface area contributed by atoms with Crippen LogP contribution in [0.2, 0.25) is 0 Å². The molecule has 3 aliphatic rings. The highest BCUT2D eigenvalue weighted by molar-refractivity contribution is 5.79. The van der Waals surface area contributed by atoms with Gasteiger partial charge in [-0.1, -0.05) is 18.6 Å². The minimum atomic E-state index is 0.244. The first-order chi connectivity index (χ1) is 8.31. The van der Waals surface area contributed by atoms with Crippen LogP contribution in [0.4, 0.5) is 0 Å². The molecule has 3 N–H and O–H groups in total. The fourth-order valence-electron chi connectivity index (χ4n) is 3.02. The normalized spacial score (nSPS) is 30.5. The Morgan fingerprint density at radius 1 is 1.24 bits per heavy atom. The first-order valence-corrected chi connectivity index (χ1v) is 6.97. The van der Waals surface area contributed by atoms with Gasteiger partial charge in [0.05, 0.1) is 0 Å². The number of allylic oxidation sites excluding steroid dienone is 2. The highest BCUT2D eigenvalue weighted by Gasteiger charge is 2.35. The molecule has 3 unspecified atom stereocenters. The quantitative estimate of drug-likeness (QED) is 0.546. The molecule has 3 nitrogen and oxygen atoms in total. The summed E-state index contributed by atoms with van der Waals surface area (Å²) >= 11 is 0. The molecule has 3 heteroatoms. The number of hydrogen-bond acceptors (Lipinski definition) is 2. The van der Waals surface area contributed by atoms with E-state index in [1.54, 1.807) is 0 Å². The van der Waals surface area contributed by atoms with Crippen LogP contribution in [0, 0.1) is 17.8 Å². The van der Waals surface area contributed by atoms with Crippen molar-refractivity contribution in [3.8, 4) is 0 Å². The van der Waals surface area contributed by atoms with Gasteiger partial charge in [0, 0.05) is 12.5 Å². The molecule has 17 heavy (non-hydrogen) atoms. The molecule has 0 aromatic carbocycles. The number of carbonyl (C=O) groups excluding carboxylic acids is 1. The fourth-order valence-corrected chi connectivity index (χ4v) is 3.02. The molecule has 1 saturated carbocycles. The van der Waals surface area contributed by atoms with Crippen molar-refractivity contribution in [3.05, 3.63) is 12.2 Å². The number of fused-ring (bicyclic) bond motifs is 2. The van der Waals surface area contributed by atoms with Gasteiger partial charge in [-0.3, -0.25) is 4.79 Å². The van der Waals surface area contributed by atoms with E-state index in [-0.39, 0.29) is 11.8 Å². The number of amides is 1. The third-order valence-electron chi connectivity index (χ3n) is 4.09. The zero-order valence-corrected chi connectivity index (χ0v) is 10.5. The van der Waals surface area contributed by atoms with Crippen molar-refractivity contribution in [2.75, 3.05) is 13.1 Å². The predicted molar refractivity (Wildman–Crippen MR) is 69.4 cm³/mol. The van der Waals surface area contributed by atoms with Crippen LogP contribution in [0.3, 0.4) is 0 Å². The summed E-state index contributed by atoms with van der Waals surface area (Å²) in [5.41, 5.74) is 5.43. The topological polar surface area (TPSA) is 55.1 Å². The molecule has 0 radical (unpaired) electrons. The van der Waals surface area contributed by atoms with E-state index in [1.807, 2.05) is 0 Å². The molecule has 0 aromatic rings. The zero-order chi connectivity index (χ0) is 12.1. The van der Waals surface area contributed by atoms with Crippen LogP contribution in [0.5, 0.6) is 0 Å². The van der Waals surface area contributed by atoms with Crippen LogP contribution in [0.1, 0.15) is 38.5 Å². The minimum Gasteiger partial charge on any atom is -0.356 e. The molecular formula is C14H24N2O. The molecule has 3 atom stereocenters. The zero-order valence-electron chi connectivity index (χ0n) is 10.5. The average Bonchev–Trinajstić information content (AvgIpc) is 2.39. The van der Waals surface area contributed by atoms with Gasteiger partial charge in [-0.15, -0.1) is 0 Å². The summed E-state index contributed by atoms with van der Waals surface area (Å²) in [6.45, 7) is 1.57. The van der Waals surface area contributed by atoms with Crippen molar-refractivity contribution in [3.63, 3.8) is 0 Å². The maximum absolute atomic E-state index is 12.1. The lowest BCUT2D eigenvalue weighted by Crippen LogP contribution is -2.40. The predicted octanol–water partition coefficient (Wildman–Crippen LogP) is 1.83. The van der Waals surface area contributed by atoms with Gasteiger partial charge in [0.25, 0.3) is 0 Å². The molecule has 3 rings (SSSR count). The average molecular weight is 236 g/mol. The summed E-state index contributed by atoms with van der Waals surface area (Å²) in [6.07, 6.45) is 11.3. The second-order valence-electron chi connectivity index (χ2n) is 5.37. The van der Waals surface area contributed by atoms with E-state index in [1.165, 1.54) is 12.8 Å². The maximum Gasteiger partial charge on any atom is 0.223 e. The van der Waals surface area contributed by atoms with Gasteiger partial charge in [-0.2, -0.15) is 0 Å². The van der Waals surface area contributed by atoms with E-state index in [4.69, 9.17) is 5.73 Å². The molecule has 1 fully saturated rings. The SMILES string of the molecule is NCCCCCNC(=O)C1CC2C=CC1CC2. The lowest BCUT2D eigenvalue weighted by molar-refractivity contribution is -0.127. The van der Waals surface area contributed by atoms with E-state index < -0.39 is 0 Å². The molecule has 3 aliphatic carbocycles. The van der Waals surface area contributed by atoms with E-state index in [0.717, 1.165) is 38.8 Å². The Kier molecular flexibility index (Phi) is 4.60. The minimum absolute atomic E-state index is 0.244. The second kappa shape index (κ2) is 6.20. The summed E-state index contributed by atoms with van der Waals surface area (Å²) in [6, 6.07) is 0. The molecule has 0 aliphatic heterocycles. The largest absolute Gasteiger partial charge is 0.356 e. The molecule has 0 spiro atoms. The van der Waals surface area contributed by atoms with E-state index in [2.05, 4.69) is 17.5 Å². The first kappa shape index (κ1) is 12.6. The standard InChI is InChI=1S/C14H24N2O/c15-8-2-1-3-9-16-14(17)13-10-11-4-6-12(13)7-5-11/h4,6,11-13H,1-3,5,7-10,15H2,(H,16,17). The third kappa shape index (κ3) is 3.32. The number of hydrogen-bond donors (Lipinski definition) is 2.